The number of hydrogen-bond donors (Lipinski definition) is 0. The number of esters is 1. The number of halogens is 2. The first-order valence-corrected chi connectivity index (χ1v) is 5.88. The summed E-state index contributed by atoms with van der Waals surface area (Å²) in [4.78, 5) is 15.5. The molecule has 0 fully saturated rings. The number of benzene rings is 1. The van der Waals surface area contributed by atoms with Crippen molar-refractivity contribution < 1.29 is 13.9 Å². The Morgan fingerprint density at radius 1 is 1.44 bits per heavy atom. The Hall–Kier alpha value is -1.68. The van der Waals surface area contributed by atoms with Crippen LogP contribution in [0.3, 0.4) is 0 Å². The second-order valence-electron chi connectivity index (χ2n) is 3.74. The van der Waals surface area contributed by atoms with Gasteiger partial charge in [-0.2, -0.15) is 0 Å². The van der Waals surface area contributed by atoms with Crippen LogP contribution in [0.5, 0.6) is 0 Å². The first-order chi connectivity index (χ1) is 8.60. The van der Waals surface area contributed by atoms with Crippen LogP contribution in [0.2, 0.25) is 5.15 Å². The monoisotopic (exact) mass is 267 g/mol. The van der Waals surface area contributed by atoms with E-state index in [0.29, 0.717) is 17.7 Å². The Kier molecular flexibility index (Phi) is 3.77. The van der Waals surface area contributed by atoms with Gasteiger partial charge in [0, 0.05) is 5.39 Å². The minimum absolute atomic E-state index is 0.0195. The average molecular weight is 268 g/mol. The summed E-state index contributed by atoms with van der Waals surface area (Å²) in [6.45, 7) is 2.02. The Morgan fingerprint density at radius 2 is 2.22 bits per heavy atom. The molecule has 1 heterocycles. The van der Waals surface area contributed by atoms with Crippen molar-refractivity contribution in [2.45, 2.75) is 13.3 Å². The predicted molar refractivity (Wildman–Crippen MR) is 67.0 cm³/mol. The standard InChI is InChI=1S/C13H11ClFNO2/c1-2-18-13(17)7-11-10-6-9(15)4-3-8(10)5-12(14)16-11/h3-6H,2,7H2,1H3. The van der Waals surface area contributed by atoms with Gasteiger partial charge in [-0.1, -0.05) is 17.7 Å². The van der Waals surface area contributed by atoms with Crippen LogP contribution < -0.4 is 0 Å². The molecule has 0 radical (unpaired) electrons. The molecule has 3 nitrogen and oxygen atoms in total. The van der Waals surface area contributed by atoms with Crippen molar-refractivity contribution in [1.82, 2.24) is 4.98 Å². The minimum atomic E-state index is -0.405. The average Bonchev–Trinajstić information content (AvgIpc) is 2.30. The summed E-state index contributed by atoms with van der Waals surface area (Å²) in [5, 5.41) is 1.59. The fourth-order valence-corrected chi connectivity index (χ4v) is 1.96. The van der Waals surface area contributed by atoms with Crippen LogP contribution in [-0.2, 0) is 16.0 Å². The number of nitrogens with zero attached hydrogens (tertiary/aromatic N) is 1. The molecule has 0 saturated heterocycles. The van der Waals surface area contributed by atoms with Crippen molar-refractivity contribution in [2.24, 2.45) is 0 Å². The Morgan fingerprint density at radius 3 is 2.94 bits per heavy atom. The van der Waals surface area contributed by atoms with E-state index < -0.39 is 5.97 Å². The van der Waals surface area contributed by atoms with Crippen LogP contribution >= 0.6 is 11.6 Å². The van der Waals surface area contributed by atoms with Crippen LogP contribution in [0, 0.1) is 5.82 Å². The van der Waals surface area contributed by atoms with Crippen LogP contribution in [0.15, 0.2) is 24.3 Å². The Bertz CT molecular complexity index is 601. The topological polar surface area (TPSA) is 39.2 Å². The SMILES string of the molecule is CCOC(=O)Cc1nc(Cl)cc2ccc(F)cc12. The highest BCUT2D eigenvalue weighted by molar-refractivity contribution is 6.30. The summed E-state index contributed by atoms with van der Waals surface area (Å²) in [5.41, 5.74) is 0.426. The van der Waals surface area contributed by atoms with Gasteiger partial charge in [-0.25, -0.2) is 9.37 Å². The van der Waals surface area contributed by atoms with Crippen molar-refractivity contribution in [3.63, 3.8) is 0 Å². The van der Waals surface area contributed by atoms with Crippen LogP contribution in [0.4, 0.5) is 4.39 Å². The van der Waals surface area contributed by atoms with E-state index >= 15 is 0 Å². The maximum Gasteiger partial charge on any atom is 0.311 e. The molecule has 0 saturated carbocycles. The van der Waals surface area contributed by atoms with Gasteiger partial charge in [-0.05, 0) is 30.5 Å². The second-order valence-corrected chi connectivity index (χ2v) is 4.13. The van der Waals surface area contributed by atoms with Crippen LogP contribution in [0.1, 0.15) is 12.6 Å². The third-order valence-electron chi connectivity index (χ3n) is 2.46. The lowest BCUT2D eigenvalue weighted by atomic mass is 10.1. The zero-order chi connectivity index (χ0) is 13.1. The molecule has 94 valence electrons. The molecular weight excluding hydrogens is 257 g/mol. The summed E-state index contributed by atoms with van der Waals surface area (Å²) in [6.07, 6.45) is -0.0195. The number of ether oxygens (including phenoxy) is 1. The number of fused-ring (bicyclic) bond motifs is 1. The molecule has 5 heteroatoms. The van der Waals surface area contributed by atoms with E-state index in [-0.39, 0.29) is 17.4 Å². The fraction of sp³-hybridized carbons (Fsp3) is 0.231. The first kappa shape index (κ1) is 12.8. The molecule has 0 unspecified atom stereocenters. The quantitative estimate of drug-likeness (QED) is 0.633. The van der Waals surface area contributed by atoms with Gasteiger partial charge in [0.1, 0.15) is 11.0 Å². The lowest BCUT2D eigenvalue weighted by Gasteiger charge is -2.06. The Labute approximate surface area is 109 Å². The van der Waals surface area contributed by atoms with Gasteiger partial charge in [-0.3, -0.25) is 4.79 Å². The van der Waals surface area contributed by atoms with Crippen molar-refractivity contribution in [2.75, 3.05) is 6.61 Å². The van der Waals surface area contributed by atoms with E-state index in [1.165, 1.54) is 12.1 Å². The summed E-state index contributed by atoms with van der Waals surface area (Å²) in [6, 6.07) is 5.91. The smallest absolute Gasteiger partial charge is 0.311 e. The number of rotatable bonds is 3. The highest BCUT2D eigenvalue weighted by Gasteiger charge is 2.11. The van der Waals surface area contributed by atoms with Crippen LogP contribution in [0.25, 0.3) is 10.8 Å². The molecule has 1 aromatic heterocycles. The molecule has 0 aliphatic carbocycles. The van der Waals surface area contributed by atoms with E-state index in [2.05, 4.69) is 4.98 Å². The van der Waals surface area contributed by atoms with Crippen molar-refractivity contribution in [1.29, 1.82) is 0 Å². The molecule has 2 aromatic rings. The zero-order valence-electron chi connectivity index (χ0n) is 9.74. The van der Waals surface area contributed by atoms with Crippen molar-refractivity contribution >= 4 is 28.3 Å². The lowest BCUT2D eigenvalue weighted by Crippen LogP contribution is -2.09. The van der Waals surface area contributed by atoms with Gasteiger partial charge in [0.25, 0.3) is 0 Å². The van der Waals surface area contributed by atoms with Gasteiger partial charge in [0.15, 0.2) is 0 Å². The Balaban J connectivity index is 2.47. The molecule has 0 bridgehead atoms. The number of pyridine rings is 1. The largest absolute Gasteiger partial charge is 0.466 e. The lowest BCUT2D eigenvalue weighted by molar-refractivity contribution is -0.142. The number of hydrogen-bond acceptors (Lipinski definition) is 3. The summed E-state index contributed by atoms with van der Waals surface area (Å²) < 4.78 is 18.1. The summed E-state index contributed by atoms with van der Waals surface area (Å²) in [5.74, 6) is -0.783. The predicted octanol–water partition coefficient (Wildman–Crippen LogP) is 3.13. The maximum atomic E-state index is 13.2. The molecule has 2 rings (SSSR count). The fourth-order valence-electron chi connectivity index (χ4n) is 1.74. The number of carbonyl (C=O) groups is 1. The molecule has 18 heavy (non-hydrogen) atoms. The molecule has 0 spiro atoms. The molecule has 0 N–H and O–H groups in total. The minimum Gasteiger partial charge on any atom is -0.466 e. The molecule has 1 aromatic carbocycles. The molecule has 0 aliphatic heterocycles. The molecule has 0 aliphatic rings. The van der Waals surface area contributed by atoms with Gasteiger partial charge in [0.05, 0.1) is 18.7 Å². The van der Waals surface area contributed by atoms with Crippen LogP contribution in [-0.4, -0.2) is 17.6 Å². The van der Waals surface area contributed by atoms with Gasteiger partial charge < -0.3 is 4.74 Å². The van der Waals surface area contributed by atoms with Gasteiger partial charge in [-0.15, -0.1) is 0 Å². The van der Waals surface area contributed by atoms with Gasteiger partial charge in [0.2, 0.25) is 0 Å². The zero-order valence-corrected chi connectivity index (χ0v) is 10.5. The molecule has 0 amide bonds. The number of aromatic nitrogens is 1. The third-order valence-corrected chi connectivity index (χ3v) is 2.65. The van der Waals surface area contributed by atoms with E-state index in [1.54, 1.807) is 19.1 Å². The maximum absolute atomic E-state index is 13.2. The molecular formula is C13H11ClFNO2. The highest BCUT2D eigenvalue weighted by Crippen LogP contribution is 2.22. The summed E-state index contributed by atoms with van der Waals surface area (Å²) in [7, 11) is 0. The van der Waals surface area contributed by atoms with E-state index in [9.17, 15) is 9.18 Å². The second kappa shape index (κ2) is 5.31. The highest BCUT2D eigenvalue weighted by atomic mass is 35.5. The summed E-state index contributed by atoms with van der Waals surface area (Å²) >= 11 is 5.87. The van der Waals surface area contributed by atoms with E-state index in [4.69, 9.17) is 16.3 Å². The first-order valence-electron chi connectivity index (χ1n) is 5.50. The van der Waals surface area contributed by atoms with Crippen molar-refractivity contribution in [3.05, 3.63) is 40.9 Å². The van der Waals surface area contributed by atoms with Gasteiger partial charge >= 0.3 is 5.97 Å². The third kappa shape index (κ3) is 2.76. The molecule has 0 atom stereocenters. The number of carbonyl (C=O) groups excluding carboxylic acids is 1. The van der Waals surface area contributed by atoms with E-state index in [0.717, 1.165) is 5.39 Å². The normalized spacial score (nSPS) is 10.6. The van der Waals surface area contributed by atoms with Crippen molar-refractivity contribution in [3.8, 4) is 0 Å². The van der Waals surface area contributed by atoms with E-state index in [1.807, 2.05) is 0 Å².